The van der Waals surface area contributed by atoms with Crippen LogP contribution < -0.4 is 20.1 Å². The van der Waals surface area contributed by atoms with Gasteiger partial charge in [-0.25, -0.2) is 0 Å². The minimum absolute atomic E-state index is 0.149. The molecule has 0 aliphatic carbocycles. The van der Waals surface area contributed by atoms with Crippen LogP contribution in [0.4, 0.5) is 5.69 Å². The first-order valence-electron chi connectivity index (χ1n) is 8.87. The van der Waals surface area contributed by atoms with Crippen molar-refractivity contribution in [3.8, 4) is 11.5 Å². The Kier molecular flexibility index (Phi) is 7.76. The lowest BCUT2D eigenvalue weighted by molar-refractivity contribution is 0.0952. The highest BCUT2D eigenvalue weighted by atomic mass is 16.5. The molecule has 2 rings (SSSR count). The zero-order valence-electron chi connectivity index (χ0n) is 16.6. The third kappa shape index (κ3) is 5.95. The van der Waals surface area contributed by atoms with Gasteiger partial charge in [0.2, 0.25) is 0 Å². The molecule has 8 nitrogen and oxygen atoms in total. The summed E-state index contributed by atoms with van der Waals surface area (Å²) in [5, 5.41) is 5.58. The minimum atomic E-state index is -0.422. The maximum absolute atomic E-state index is 12.5. The van der Waals surface area contributed by atoms with Gasteiger partial charge in [0.15, 0.2) is 11.5 Å². The molecular formula is C20H26N4O4. The van der Waals surface area contributed by atoms with Gasteiger partial charge in [0.05, 0.1) is 14.2 Å². The van der Waals surface area contributed by atoms with Gasteiger partial charge in [-0.05, 0) is 51.3 Å². The van der Waals surface area contributed by atoms with Crippen molar-refractivity contribution in [2.24, 2.45) is 0 Å². The summed E-state index contributed by atoms with van der Waals surface area (Å²) < 4.78 is 10.4. The standard InChI is InChI=1S/C20H26N4O4/c1-24(2)11-5-9-22-19(25)14-8-10-21-16(12-14)20(26)23-15-6-7-17(27-3)18(13-15)28-4/h6-8,10,12-13H,5,9,11H2,1-4H3,(H,22,25)(H,23,26). The predicted octanol–water partition coefficient (Wildman–Crippen LogP) is 2.03. The van der Waals surface area contributed by atoms with Crippen LogP contribution in [0.5, 0.6) is 11.5 Å². The van der Waals surface area contributed by atoms with E-state index >= 15 is 0 Å². The summed E-state index contributed by atoms with van der Waals surface area (Å²) in [5.74, 6) is 0.404. The molecule has 0 saturated heterocycles. The van der Waals surface area contributed by atoms with Gasteiger partial charge in [-0.3, -0.25) is 14.6 Å². The number of hydrogen-bond acceptors (Lipinski definition) is 6. The van der Waals surface area contributed by atoms with Crippen LogP contribution in [-0.2, 0) is 0 Å². The molecule has 0 unspecified atom stereocenters. The zero-order chi connectivity index (χ0) is 20.5. The number of carbonyl (C=O) groups is 2. The van der Waals surface area contributed by atoms with Gasteiger partial charge < -0.3 is 25.0 Å². The van der Waals surface area contributed by atoms with Gasteiger partial charge in [0.25, 0.3) is 11.8 Å². The lowest BCUT2D eigenvalue weighted by atomic mass is 10.2. The van der Waals surface area contributed by atoms with Crippen LogP contribution in [0.3, 0.4) is 0 Å². The molecule has 1 aromatic carbocycles. The van der Waals surface area contributed by atoms with E-state index in [2.05, 4.69) is 20.5 Å². The van der Waals surface area contributed by atoms with E-state index in [9.17, 15) is 9.59 Å². The number of ether oxygens (including phenoxy) is 2. The fraction of sp³-hybridized carbons (Fsp3) is 0.350. The molecule has 0 bridgehead atoms. The monoisotopic (exact) mass is 386 g/mol. The largest absolute Gasteiger partial charge is 0.493 e. The summed E-state index contributed by atoms with van der Waals surface area (Å²) in [4.78, 5) is 30.9. The van der Waals surface area contributed by atoms with Crippen molar-refractivity contribution in [3.05, 3.63) is 47.8 Å². The second kappa shape index (κ2) is 10.3. The molecule has 1 aromatic heterocycles. The molecule has 0 radical (unpaired) electrons. The summed E-state index contributed by atoms with van der Waals surface area (Å²) in [6.07, 6.45) is 2.29. The number of hydrogen-bond donors (Lipinski definition) is 2. The van der Waals surface area contributed by atoms with E-state index in [0.29, 0.717) is 29.3 Å². The number of rotatable bonds is 9. The molecule has 150 valence electrons. The SMILES string of the molecule is COc1ccc(NC(=O)c2cc(C(=O)NCCCN(C)C)ccn2)cc1OC. The van der Waals surface area contributed by atoms with Gasteiger partial charge in [-0.2, -0.15) is 0 Å². The molecule has 0 spiro atoms. The highest BCUT2D eigenvalue weighted by molar-refractivity contribution is 6.04. The second-order valence-electron chi connectivity index (χ2n) is 6.37. The van der Waals surface area contributed by atoms with E-state index in [1.807, 2.05) is 14.1 Å². The van der Waals surface area contributed by atoms with Gasteiger partial charge >= 0.3 is 0 Å². The number of amides is 2. The molecule has 1 heterocycles. The molecule has 2 amide bonds. The maximum atomic E-state index is 12.5. The van der Waals surface area contributed by atoms with Gasteiger partial charge in [0.1, 0.15) is 5.69 Å². The van der Waals surface area contributed by atoms with Crippen molar-refractivity contribution in [1.82, 2.24) is 15.2 Å². The first kappa shape index (κ1) is 21.2. The average Bonchev–Trinajstić information content (AvgIpc) is 2.70. The zero-order valence-corrected chi connectivity index (χ0v) is 16.6. The molecule has 0 fully saturated rings. The summed E-state index contributed by atoms with van der Waals surface area (Å²) in [6.45, 7) is 1.45. The number of aromatic nitrogens is 1. The molecule has 8 heteroatoms. The van der Waals surface area contributed by atoms with Gasteiger partial charge in [-0.1, -0.05) is 0 Å². The minimum Gasteiger partial charge on any atom is -0.493 e. The Morgan fingerprint density at radius 1 is 1.04 bits per heavy atom. The van der Waals surface area contributed by atoms with E-state index in [4.69, 9.17) is 9.47 Å². The first-order valence-corrected chi connectivity index (χ1v) is 8.87. The molecule has 0 atom stereocenters. The van der Waals surface area contributed by atoms with Crippen molar-refractivity contribution in [2.75, 3.05) is 46.7 Å². The number of pyridine rings is 1. The normalized spacial score (nSPS) is 10.5. The van der Waals surface area contributed by atoms with Crippen LogP contribution >= 0.6 is 0 Å². The summed E-state index contributed by atoms with van der Waals surface area (Å²) in [6, 6.07) is 8.09. The maximum Gasteiger partial charge on any atom is 0.274 e. The molecule has 2 N–H and O–H groups in total. The molecular weight excluding hydrogens is 360 g/mol. The summed E-state index contributed by atoms with van der Waals surface area (Å²) in [7, 11) is 7.02. The van der Waals surface area contributed by atoms with Crippen molar-refractivity contribution in [1.29, 1.82) is 0 Å². The van der Waals surface area contributed by atoms with Crippen LogP contribution in [0, 0.1) is 0 Å². The summed E-state index contributed by atoms with van der Waals surface area (Å²) >= 11 is 0. The van der Waals surface area contributed by atoms with Crippen LogP contribution in [0.15, 0.2) is 36.5 Å². The number of benzene rings is 1. The fourth-order valence-corrected chi connectivity index (χ4v) is 2.50. The number of nitrogens with zero attached hydrogens (tertiary/aromatic N) is 2. The predicted molar refractivity (Wildman–Crippen MR) is 107 cm³/mol. The quantitative estimate of drug-likeness (QED) is 0.641. The number of anilines is 1. The highest BCUT2D eigenvalue weighted by Gasteiger charge is 2.13. The molecule has 28 heavy (non-hydrogen) atoms. The smallest absolute Gasteiger partial charge is 0.274 e. The van der Waals surface area contributed by atoms with Gasteiger partial charge in [0, 0.05) is 30.1 Å². The van der Waals surface area contributed by atoms with Crippen LogP contribution in [-0.4, -0.2) is 63.1 Å². The lowest BCUT2D eigenvalue weighted by Crippen LogP contribution is -2.27. The van der Waals surface area contributed by atoms with E-state index in [-0.39, 0.29) is 11.6 Å². The third-order valence-electron chi connectivity index (χ3n) is 3.96. The van der Waals surface area contributed by atoms with E-state index < -0.39 is 5.91 Å². The Balaban J connectivity index is 2.02. The third-order valence-corrected chi connectivity index (χ3v) is 3.96. The Morgan fingerprint density at radius 3 is 2.46 bits per heavy atom. The van der Waals surface area contributed by atoms with Crippen LogP contribution in [0.1, 0.15) is 27.3 Å². The van der Waals surface area contributed by atoms with Crippen LogP contribution in [0.2, 0.25) is 0 Å². The Morgan fingerprint density at radius 2 is 1.79 bits per heavy atom. The molecule has 0 aliphatic rings. The first-order chi connectivity index (χ1) is 13.4. The Hall–Kier alpha value is -3.13. The van der Waals surface area contributed by atoms with Crippen molar-refractivity contribution < 1.29 is 19.1 Å². The van der Waals surface area contributed by atoms with E-state index in [0.717, 1.165) is 13.0 Å². The highest BCUT2D eigenvalue weighted by Crippen LogP contribution is 2.29. The number of methoxy groups -OCH3 is 2. The molecule has 2 aromatic rings. The van der Waals surface area contributed by atoms with Crippen molar-refractivity contribution in [3.63, 3.8) is 0 Å². The number of nitrogens with one attached hydrogen (secondary N) is 2. The Bertz CT molecular complexity index is 824. The molecule has 0 saturated carbocycles. The topological polar surface area (TPSA) is 92.8 Å². The average molecular weight is 386 g/mol. The van der Waals surface area contributed by atoms with Crippen molar-refractivity contribution >= 4 is 17.5 Å². The second-order valence-corrected chi connectivity index (χ2v) is 6.37. The molecule has 0 aliphatic heterocycles. The fourth-order valence-electron chi connectivity index (χ4n) is 2.50. The van der Waals surface area contributed by atoms with E-state index in [1.54, 1.807) is 24.3 Å². The van der Waals surface area contributed by atoms with Crippen LogP contribution in [0.25, 0.3) is 0 Å². The number of carbonyl (C=O) groups excluding carboxylic acids is 2. The van der Waals surface area contributed by atoms with Gasteiger partial charge in [-0.15, -0.1) is 0 Å². The van der Waals surface area contributed by atoms with Crippen molar-refractivity contribution in [2.45, 2.75) is 6.42 Å². The van der Waals surface area contributed by atoms with E-state index in [1.165, 1.54) is 26.5 Å². The lowest BCUT2D eigenvalue weighted by Gasteiger charge is -2.11. The summed E-state index contributed by atoms with van der Waals surface area (Å²) in [5.41, 5.74) is 1.07. The Labute approximate surface area is 164 Å².